The molecule has 4 nitrogen and oxygen atoms in total. The molecule has 0 saturated heterocycles. The number of alkyl halides is 3. The van der Waals surface area contributed by atoms with Crippen molar-refractivity contribution in [2.24, 2.45) is 0 Å². The maximum absolute atomic E-state index is 12.3. The molecule has 0 N–H and O–H groups in total. The molecule has 0 aromatic heterocycles. The Hall–Kier alpha value is -2.70. The number of rotatable bonds is 7. The summed E-state index contributed by atoms with van der Waals surface area (Å²) < 4.78 is 47.9. The molecule has 0 atom stereocenters. The minimum Gasteiger partial charge on any atom is -0.493 e. The van der Waals surface area contributed by atoms with Gasteiger partial charge in [0.25, 0.3) is 5.91 Å². The van der Waals surface area contributed by atoms with Gasteiger partial charge >= 0.3 is 6.18 Å². The van der Waals surface area contributed by atoms with Crippen LogP contribution in [0.5, 0.6) is 11.5 Å². The third-order valence-corrected chi connectivity index (χ3v) is 3.73. The zero-order chi connectivity index (χ0) is 19.2. The highest BCUT2D eigenvalue weighted by Gasteiger charge is 2.28. The fraction of sp³-hybridized carbons (Fsp3) is 0.316. The lowest BCUT2D eigenvalue weighted by molar-refractivity contribution is -0.136. The Balaban J connectivity index is 2.06. The number of methoxy groups -OCH3 is 1. The van der Waals surface area contributed by atoms with E-state index in [0.717, 1.165) is 10.5 Å². The van der Waals surface area contributed by atoms with Crippen LogP contribution in [0.15, 0.2) is 48.5 Å². The van der Waals surface area contributed by atoms with Gasteiger partial charge in [0, 0.05) is 19.2 Å². The van der Waals surface area contributed by atoms with Crippen molar-refractivity contribution in [1.29, 1.82) is 0 Å². The smallest absolute Gasteiger partial charge is 0.390 e. The molecule has 0 saturated carbocycles. The van der Waals surface area contributed by atoms with Crippen LogP contribution in [0.3, 0.4) is 0 Å². The van der Waals surface area contributed by atoms with E-state index in [4.69, 9.17) is 9.47 Å². The predicted octanol–water partition coefficient (Wildman–Crippen LogP) is 4.30. The third-order valence-electron chi connectivity index (χ3n) is 3.73. The molecule has 26 heavy (non-hydrogen) atoms. The maximum atomic E-state index is 12.3. The van der Waals surface area contributed by atoms with E-state index in [0.29, 0.717) is 18.1 Å². The van der Waals surface area contributed by atoms with Gasteiger partial charge < -0.3 is 14.4 Å². The first-order valence-corrected chi connectivity index (χ1v) is 7.97. The fourth-order valence-corrected chi connectivity index (χ4v) is 2.27. The maximum Gasteiger partial charge on any atom is 0.390 e. The molecule has 0 unspecified atom stereocenters. The fourth-order valence-electron chi connectivity index (χ4n) is 2.27. The normalized spacial score (nSPS) is 11.1. The van der Waals surface area contributed by atoms with Crippen molar-refractivity contribution in [3.8, 4) is 11.5 Å². The van der Waals surface area contributed by atoms with Crippen LogP contribution in [0.1, 0.15) is 22.3 Å². The molecule has 0 radical (unpaired) electrons. The van der Waals surface area contributed by atoms with Gasteiger partial charge in [0.05, 0.1) is 13.5 Å². The number of halogens is 3. The summed E-state index contributed by atoms with van der Waals surface area (Å²) in [6.45, 7) is -0.0765. The van der Waals surface area contributed by atoms with E-state index in [9.17, 15) is 18.0 Å². The number of ether oxygens (including phenoxy) is 2. The molecule has 7 heteroatoms. The van der Waals surface area contributed by atoms with E-state index < -0.39 is 25.0 Å². The van der Waals surface area contributed by atoms with Crippen LogP contribution in [0.2, 0.25) is 0 Å². The number of carbonyl (C=O) groups is 1. The molecule has 140 valence electrons. The third kappa shape index (κ3) is 5.68. The number of nitrogens with zero attached hydrogens (tertiary/aromatic N) is 1. The molecule has 0 aliphatic carbocycles. The Bertz CT molecular complexity index is 733. The summed E-state index contributed by atoms with van der Waals surface area (Å²) >= 11 is 0. The van der Waals surface area contributed by atoms with Gasteiger partial charge in [-0.1, -0.05) is 30.3 Å². The van der Waals surface area contributed by atoms with E-state index in [2.05, 4.69) is 0 Å². The molecule has 2 aromatic rings. The number of hydrogen-bond acceptors (Lipinski definition) is 3. The van der Waals surface area contributed by atoms with Crippen LogP contribution >= 0.6 is 0 Å². The summed E-state index contributed by atoms with van der Waals surface area (Å²) in [5, 5.41) is 0. The van der Waals surface area contributed by atoms with Gasteiger partial charge in [0.1, 0.15) is 6.61 Å². The quantitative estimate of drug-likeness (QED) is 0.732. The van der Waals surface area contributed by atoms with E-state index in [-0.39, 0.29) is 5.56 Å². The van der Waals surface area contributed by atoms with E-state index in [1.54, 1.807) is 6.07 Å². The van der Waals surface area contributed by atoms with Gasteiger partial charge in [-0.15, -0.1) is 0 Å². The lowest BCUT2D eigenvalue weighted by atomic mass is 10.1. The van der Waals surface area contributed by atoms with Crippen LogP contribution in [0, 0.1) is 0 Å². The first kappa shape index (κ1) is 19.6. The molecule has 0 heterocycles. The van der Waals surface area contributed by atoms with Crippen molar-refractivity contribution in [2.45, 2.75) is 19.2 Å². The van der Waals surface area contributed by atoms with Gasteiger partial charge in [-0.25, -0.2) is 0 Å². The molecule has 0 spiro atoms. The van der Waals surface area contributed by atoms with Crippen molar-refractivity contribution in [3.05, 3.63) is 59.7 Å². The highest BCUT2D eigenvalue weighted by Crippen LogP contribution is 2.29. The first-order valence-electron chi connectivity index (χ1n) is 7.97. The average Bonchev–Trinajstić information content (AvgIpc) is 2.64. The summed E-state index contributed by atoms with van der Waals surface area (Å²) in [7, 11) is 2.77. The average molecular weight is 367 g/mol. The lowest BCUT2D eigenvalue weighted by Crippen LogP contribution is -2.30. The zero-order valence-corrected chi connectivity index (χ0v) is 14.5. The topological polar surface area (TPSA) is 38.8 Å². The van der Waals surface area contributed by atoms with Crippen LogP contribution in [-0.2, 0) is 6.61 Å². The van der Waals surface area contributed by atoms with Gasteiger partial charge in [-0.05, 0) is 23.8 Å². The minimum atomic E-state index is -4.30. The van der Waals surface area contributed by atoms with Crippen LogP contribution in [0.25, 0.3) is 0 Å². The van der Waals surface area contributed by atoms with E-state index >= 15 is 0 Å². The number of carbonyl (C=O) groups excluding carboxylic acids is 1. The molecule has 0 aliphatic rings. The summed E-state index contributed by atoms with van der Waals surface area (Å²) in [5.41, 5.74) is 1.21. The second-order valence-corrected chi connectivity index (χ2v) is 5.73. The van der Waals surface area contributed by atoms with Crippen molar-refractivity contribution >= 4 is 5.91 Å². The van der Waals surface area contributed by atoms with Gasteiger partial charge in [0.2, 0.25) is 0 Å². The molecule has 0 aliphatic heterocycles. The van der Waals surface area contributed by atoms with E-state index in [1.807, 2.05) is 30.3 Å². The van der Waals surface area contributed by atoms with Gasteiger partial charge in [0.15, 0.2) is 11.5 Å². The van der Waals surface area contributed by atoms with Crippen molar-refractivity contribution < 1.29 is 27.4 Å². The molecule has 0 bridgehead atoms. The first-order chi connectivity index (χ1) is 12.3. The second-order valence-electron chi connectivity index (χ2n) is 5.73. The Kier molecular flexibility index (Phi) is 6.49. The number of benzene rings is 2. The Morgan fingerprint density at radius 1 is 1.08 bits per heavy atom. The van der Waals surface area contributed by atoms with Crippen molar-refractivity contribution in [2.75, 3.05) is 20.7 Å². The number of amides is 1. The molecule has 2 aromatic carbocycles. The Morgan fingerprint density at radius 3 is 2.38 bits per heavy atom. The molecule has 2 rings (SSSR count). The minimum absolute atomic E-state index is 0.235. The van der Waals surface area contributed by atoms with Crippen molar-refractivity contribution in [1.82, 2.24) is 4.90 Å². The molecule has 0 fully saturated rings. The standard InChI is InChI=1S/C19H20F3NO3/c1-23(11-10-19(20,21)22)18(24)15-8-9-16(17(12-15)25-2)26-13-14-6-4-3-5-7-14/h3-9,12H,10-11,13H2,1-2H3. The predicted molar refractivity (Wildman–Crippen MR) is 91.4 cm³/mol. The van der Waals surface area contributed by atoms with Crippen LogP contribution in [-0.4, -0.2) is 37.7 Å². The molecular formula is C19H20F3NO3. The second kappa shape index (κ2) is 8.60. The van der Waals surface area contributed by atoms with Gasteiger partial charge in [-0.3, -0.25) is 4.79 Å². The van der Waals surface area contributed by atoms with Crippen LogP contribution < -0.4 is 9.47 Å². The monoisotopic (exact) mass is 367 g/mol. The summed E-state index contributed by atoms with van der Waals surface area (Å²) in [4.78, 5) is 13.3. The molecular weight excluding hydrogens is 347 g/mol. The van der Waals surface area contributed by atoms with Crippen molar-refractivity contribution in [3.63, 3.8) is 0 Å². The lowest BCUT2D eigenvalue weighted by Gasteiger charge is -2.19. The summed E-state index contributed by atoms with van der Waals surface area (Å²) in [6, 6.07) is 14.1. The van der Waals surface area contributed by atoms with Gasteiger partial charge in [-0.2, -0.15) is 13.2 Å². The van der Waals surface area contributed by atoms with Crippen LogP contribution in [0.4, 0.5) is 13.2 Å². The Labute approximate surface area is 150 Å². The SMILES string of the molecule is COc1cc(C(=O)N(C)CCC(F)(F)F)ccc1OCc1ccccc1. The zero-order valence-electron chi connectivity index (χ0n) is 14.5. The van der Waals surface area contributed by atoms with E-state index in [1.165, 1.54) is 26.3 Å². The molecule has 1 amide bonds. The summed E-state index contributed by atoms with van der Waals surface area (Å²) in [5.74, 6) is 0.281. The summed E-state index contributed by atoms with van der Waals surface area (Å²) in [6.07, 6.45) is -5.36. The largest absolute Gasteiger partial charge is 0.493 e. The highest BCUT2D eigenvalue weighted by molar-refractivity contribution is 5.94. The highest BCUT2D eigenvalue weighted by atomic mass is 19.4. The number of hydrogen-bond donors (Lipinski definition) is 0. The Morgan fingerprint density at radius 2 is 1.77 bits per heavy atom.